The summed E-state index contributed by atoms with van der Waals surface area (Å²) in [7, 11) is 0. The van der Waals surface area contributed by atoms with Crippen LogP contribution in [-0.2, 0) is 22.4 Å². The molecule has 0 unspecified atom stereocenters. The van der Waals surface area contributed by atoms with Gasteiger partial charge in [-0.3, -0.25) is 9.89 Å². The first-order chi connectivity index (χ1) is 9.67. The van der Waals surface area contributed by atoms with Crippen molar-refractivity contribution in [3.8, 4) is 0 Å². The average Bonchev–Trinajstić information content (AvgIpc) is 2.84. The minimum absolute atomic E-state index is 0.255. The highest BCUT2D eigenvalue weighted by Crippen LogP contribution is 2.08. The molecule has 0 saturated carbocycles. The smallest absolute Gasteiger partial charge is 0.306 e. The molecule has 1 heterocycles. The van der Waals surface area contributed by atoms with Crippen molar-refractivity contribution in [1.29, 1.82) is 0 Å². The Kier molecular flexibility index (Phi) is 4.81. The number of esters is 1. The summed E-state index contributed by atoms with van der Waals surface area (Å²) < 4.78 is 17.9. The van der Waals surface area contributed by atoms with E-state index in [0.29, 0.717) is 31.1 Å². The molecule has 0 aliphatic heterocycles. The molecule has 0 saturated heterocycles. The number of carbonyl (C=O) groups is 1. The van der Waals surface area contributed by atoms with Crippen molar-refractivity contribution in [3.05, 3.63) is 47.3 Å². The number of nitrogens with one attached hydrogen (secondary N) is 1. The van der Waals surface area contributed by atoms with Gasteiger partial charge in [0.05, 0.1) is 13.0 Å². The van der Waals surface area contributed by atoms with Crippen molar-refractivity contribution in [2.75, 3.05) is 6.61 Å². The summed E-state index contributed by atoms with van der Waals surface area (Å²) in [6.07, 6.45) is 1.16. The van der Waals surface area contributed by atoms with Crippen molar-refractivity contribution < 1.29 is 13.9 Å². The van der Waals surface area contributed by atoms with Gasteiger partial charge in [-0.05, 0) is 24.6 Å². The van der Waals surface area contributed by atoms with Crippen LogP contribution in [0.1, 0.15) is 30.6 Å². The third-order valence-corrected chi connectivity index (χ3v) is 2.70. The number of carbonyl (C=O) groups excluding carboxylic acids is 1. The van der Waals surface area contributed by atoms with E-state index in [0.717, 1.165) is 5.56 Å². The number of rotatable bonds is 6. The third-order valence-electron chi connectivity index (χ3n) is 2.70. The molecule has 0 spiro atoms. The van der Waals surface area contributed by atoms with Gasteiger partial charge in [0.15, 0.2) is 5.82 Å². The number of benzene rings is 1. The fourth-order valence-electron chi connectivity index (χ4n) is 1.81. The Bertz CT molecular complexity index is 583. The lowest BCUT2D eigenvalue weighted by Gasteiger charge is -1.98. The van der Waals surface area contributed by atoms with E-state index in [2.05, 4.69) is 15.2 Å². The zero-order chi connectivity index (χ0) is 14.4. The molecule has 20 heavy (non-hydrogen) atoms. The maximum Gasteiger partial charge on any atom is 0.306 e. The molecule has 6 heteroatoms. The summed E-state index contributed by atoms with van der Waals surface area (Å²) in [6, 6.07) is 6.34. The van der Waals surface area contributed by atoms with Crippen LogP contribution in [0.4, 0.5) is 4.39 Å². The summed E-state index contributed by atoms with van der Waals surface area (Å²) >= 11 is 0. The molecule has 2 rings (SSSR count). The van der Waals surface area contributed by atoms with Crippen LogP contribution in [0.5, 0.6) is 0 Å². The molecule has 106 valence electrons. The number of nitrogens with zero attached hydrogens (tertiary/aromatic N) is 2. The van der Waals surface area contributed by atoms with E-state index < -0.39 is 0 Å². The zero-order valence-corrected chi connectivity index (χ0v) is 11.2. The van der Waals surface area contributed by atoms with Crippen LogP contribution in [0.3, 0.4) is 0 Å². The van der Waals surface area contributed by atoms with Gasteiger partial charge in [0.1, 0.15) is 11.6 Å². The van der Waals surface area contributed by atoms with Gasteiger partial charge in [0.25, 0.3) is 0 Å². The van der Waals surface area contributed by atoms with Gasteiger partial charge in [-0.2, -0.15) is 5.10 Å². The van der Waals surface area contributed by atoms with Gasteiger partial charge >= 0.3 is 5.97 Å². The normalized spacial score (nSPS) is 10.5. The first-order valence-electron chi connectivity index (χ1n) is 6.47. The van der Waals surface area contributed by atoms with Gasteiger partial charge in [-0.15, -0.1) is 0 Å². The van der Waals surface area contributed by atoms with E-state index in [1.165, 1.54) is 12.1 Å². The molecular weight excluding hydrogens is 261 g/mol. The zero-order valence-electron chi connectivity index (χ0n) is 11.2. The van der Waals surface area contributed by atoms with Crippen molar-refractivity contribution in [1.82, 2.24) is 15.2 Å². The van der Waals surface area contributed by atoms with Gasteiger partial charge in [-0.25, -0.2) is 9.37 Å². The second-order valence-corrected chi connectivity index (χ2v) is 4.31. The van der Waals surface area contributed by atoms with Crippen LogP contribution in [0.2, 0.25) is 0 Å². The second kappa shape index (κ2) is 6.79. The highest BCUT2D eigenvalue weighted by atomic mass is 19.1. The minimum atomic E-state index is -0.274. The predicted octanol–water partition coefficient (Wildman–Crippen LogP) is 2.03. The van der Waals surface area contributed by atoms with Gasteiger partial charge in [-0.1, -0.05) is 12.1 Å². The first-order valence-corrected chi connectivity index (χ1v) is 6.47. The van der Waals surface area contributed by atoms with Crippen molar-refractivity contribution in [2.45, 2.75) is 26.2 Å². The van der Waals surface area contributed by atoms with Gasteiger partial charge in [0.2, 0.25) is 0 Å². The van der Waals surface area contributed by atoms with Crippen LogP contribution >= 0.6 is 0 Å². The summed E-state index contributed by atoms with van der Waals surface area (Å²) in [6.45, 7) is 2.14. The molecule has 0 fully saturated rings. The van der Waals surface area contributed by atoms with Crippen LogP contribution in [0, 0.1) is 5.82 Å². The summed E-state index contributed by atoms with van der Waals surface area (Å²) in [5.41, 5.74) is 0.818. The van der Waals surface area contributed by atoms with E-state index in [1.54, 1.807) is 13.0 Å². The Morgan fingerprint density at radius 2 is 2.30 bits per heavy atom. The number of aromatic amines is 1. The van der Waals surface area contributed by atoms with E-state index in [1.807, 2.05) is 6.07 Å². The Balaban J connectivity index is 1.90. The molecule has 1 N–H and O–H groups in total. The number of aromatic nitrogens is 3. The van der Waals surface area contributed by atoms with Gasteiger partial charge in [0, 0.05) is 12.8 Å². The van der Waals surface area contributed by atoms with Crippen molar-refractivity contribution >= 4 is 5.97 Å². The number of aryl methyl sites for hydroxylation is 1. The first kappa shape index (κ1) is 14.2. The molecule has 1 aromatic heterocycles. The molecule has 2 aromatic rings. The highest BCUT2D eigenvalue weighted by molar-refractivity contribution is 5.69. The molecule has 0 aliphatic carbocycles. The summed E-state index contributed by atoms with van der Waals surface area (Å²) in [5, 5.41) is 6.82. The maximum absolute atomic E-state index is 13.1. The molecule has 1 aromatic carbocycles. The molecule has 5 nitrogen and oxygen atoms in total. The van der Waals surface area contributed by atoms with Crippen LogP contribution in [0.15, 0.2) is 24.3 Å². The van der Waals surface area contributed by atoms with Crippen LogP contribution < -0.4 is 0 Å². The molecule has 0 aliphatic rings. The lowest BCUT2D eigenvalue weighted by atomic mass is 10.1. The lowest BCUT2D eigenvalue weighted by Crippen LogP contribution is -2.05. The summed E-state index contributed by atoms with van der Waals surface area (Å²) in [4.78, 5) is 15.5. The summed E-state index contributed by atoms with van der Waals surface area (Å²) in [5.74, 6) is 0.674. The molecule has 0 bridgehead atoms. The average molecular weight is 277 g/mol. The van der Waals surface area contributed by atoms with E-state index in [4.69, 9.17) is 4.74 Å². The molecule has 0 amide bonds. The highest BCUT2D eigenvalue weighted by Gasteiger charge is 2.08. The number of H-pyrrole nitrogens is 1. The van der Waals surface area contributed by atoms with E-state index in [-0.39, 0.29) is 18.2 Å². The second-order valence-electron chi connectivity index (χ2n) is 4.31. The Labute approximate surface area is 116 Å². The fraction of sp³-hybridized carbons (Fsp3) is 0.357. The van der Waals surface area contributed by atoms with Crippen LogP contribution in [-0.4, -0.2) is 27.8 Å². The predicted molar refractivity (Wildman–Crippen MR) is 70.5 cm³/mol. The number of halogens is 1. The standard InChI is InChI=1S/C14H16FN3O2/c1-2-20-14(19)7-6-12-16-13(18-17-12)9-10-4-3-5-11(15)8-10/h3-5,8H,2,6-7,9H2,1H3,(H,16,17,18). The number of ether oxygens (including phenoxy) is 1. The van der Waals surface area contributed by atoms with E-state index in [9.17, 15) is 9.18 Å². The molecular formula is C14H16FN3O2. The quantitative estimate of drug-likeness (QED) is 0.820. The largest absolute Gasteiger partial charge is 0.466 e. The number of hydrogen-bond acceptors (Lipinski definition) is 4. The Morgan fingerprint density at radius 3 is 3.05 bits per heavy atom. The Hall–Kier alpha value is -2.24. The number of hydrogen-bond donors (Lipinski definition) is 1. The fourth-order valence-corrected chi connectivity index (χ4v) is 1.81. The van der Waals surface area contributed by atoms with Crippen LogP contribution in [0.25, 0.3) is 0 Å². The Morgan fingerprint density at radius 1 is 1.45 bits per heavy atom. The maximum atomic E-state index is 13.1. The van der Waals surface area contributed by atoms with Crippen molar-refractivity contribution in [2.24, 2.45) is 0 Å². The van der Waals surface area contributed by atoms with Crippen molar-refractivity contribution in [3.63, 3.8) is 0 Å². The topological polar surface area (TPSA) is 67.9 Å². The van der Waals surface area contributed by atoms with E-state index >= 15 is 0 Å². The minimum Gasteiger partial charge on any atom is -0.466 e. The lowest BCUT2D eigenvalue weighted by molar-refractivity contribution is -0.143. The SMILES string of the molecule is CCOC(=O)CCc1n[nH]c(Cc2cccc(F)c2)n1. The van der Waals surface area contributed by atoms with Gasteiger partial charge < -0.3 is 4.74 Å². The molecule has 0 atom stereocenters. The molecule has 0 radical (unpaired) electrons. The third kappa shape index (κ3) is 4.15. The monoisotopic (exact) mass is 277 g/mol.